The molecule has 0 fully saturated rings. The molecule has 1 aromatic carbocycles. The molecule has 6 nitrogen and oxygen atoms in total. The molecule has 1 unspecified atom stereocenters. The van der Waals surface area contributed by atoms with Gasteiger partial charge in [0.15, 0.2) is 0 Å². The number of hydrogen-bond donors (Lipinski definition) is 1. The summed E-state index contributed by atoms with van der Waals surface area (Å²) in [5.41, 5.74) is 0.505. The van der Waals surface area contributed by atoms with E-state index in [1.807, 2.05) is 85.7 Å². The van der Waals surface area contributed by atoms with Gasteiger partial charge in [0, 0.05) is 17.6 Å². The van der Waals surface area contributed by atoms with Crippen molar-refractivity contribution in [1.29, 1.82) is 0 Å². The van der Waals surface area contributed by atoms with Gasteiger partial charge in [0.2, 0.25) is 0 Å². The molecule has 33 heavy (non-hydrogen) atoms. The van der Waals surface area contributed by atoms with Crippen LogP contribution in [0.15, 0.2) is 39.9 Å². The summed E-state index contributed by atoms with van der Waals surface area (Å²) in [4.78, 5) is 25.1. The number of aromatic nitrogens is 1. The van der Waals surface area contributed by atoms with E-state index in [1.54, 1.807) is 6.20 Å². The lowest BCUT2D eigenvalue weighted by Gasteiger charge is -2.23. The van der Waals surface area contributed by atoms with Gasteiger partial charge in [-0.1, -0.05) is 38.1 Å². The molecule has 8 heteroatoms. The zero-order valence-electron chi connectivity index (χ0n) is 20.8. The quantitative estimate of drug-likeness (QED) is 0.386. The highest BCUT2D eigenvalue weighted by Crippen LogP contribution is 2.25. The van der Waals surface area contributed by atoms with E-state index >= 15 is 0 Å². The van der Waals surface area contributed by atoms with E-state index in [1.165, 1.54) is 4.57 Å². The summed E-state index contributed by atoms with van der Waals surface area (Å²) in [6, 6.07) is 7.42. The fraction of sp³-hybridized carbons (Fsp3) is 0.520. The lowest BCUT2D eigenvalue weighted by atomic mass is 10.0. The highest BCUT2D eigenvalue weighted by Gasteiger charge is 2.23. The maximum Gasteiger partial charge on any atom is 0.419 e. The molecular weight excluding hydrogens is 552 g/mol. The van der Waals surface area contributed by atoms with E-state index < -0.39 is 23.4 Å². The Hall–Kier alpha value is -1.80. The van der Waals surface area contributed by atoms with Crippen molar-refractivity contribution in [2.45, 2.75) is 85.5 Å². The zero-order valence-corrected chi connectivity index (χ0v) is 24.0. The molecule has 0 spiro atoms. The van der Waals surface area contributed by atoms with Crippen LogP contribution in [0, 0.1) is 0 Å². The molecule has 1 atom stereocenters. The third-order valence-corrected chi connectivity index (χ3v) is 4.78. The van der Waals surface area contributed by atoms with Gasteiger partial charge in [-0.2, -0.15) is 0 Å². The molecule has 1 heterocycles. The molecule has 2 rings (SSSR count). The number of hydrogen-bond acceptors (Lipinski definition) is 4. The SMILES string of the molecule is CC.CC(C)(C)OC(=O)NC(CC=C(Br)Br)Cc1cn(C(=O)OC(C)(C)C)c2ccccc12. The Labute approximate surface area is 214 Å². The van der Waals surface area contributed by atoms with E-state index in [-0.39, 0.29) is 6.04 Å². The van der Waals surface area contributed by atoms with Crippen LogP contribution in [0.3, 0.4) is 0 Å². The Morgan fingerprint density at radius 3 is 2.15 bits per heavy atom. The van der Waals surface area contributed by atoms with Crippen LogP contribution in [-0.2, 0) is 15.9 Å². The van der Waals surface area contributed by atoms with Gasteiger partial charge < -0.3 is 14.8 Å². The Morgan fingerprint density at radius 1 is 1.03 bits per heavy atom. The predicted octanol–water partition coefficient (Wildman–Crippen LogP) is 7.91. The molecule has 0 bridgehead atoms. The number of amides is 1. The van der Waals surface area contributed by atoms with Gasteiger partial charge >= 0.3 is 12.2 Å². The summed E-state index contributed by atoms with van der Waals surface area (Å²) in [7, 11) is 0. The molecule has 0 aliphatic rings. The molecular formula is C25H36Br2N2O4. The first-order valence-corrected chi connectivity index (χ1v) is 12.7. The number of nitrogens with zero attached hydrogens (tertiary/aromatic N) is 1. The van der Waals surface area contributed by atoms with Crippen molar-refractivity contribution in [3.63, 3.8) is 0 Å². The first-order chi connectivity index (χ1) is 15.2. The van der Waals surface area contributed by atoms with Crippen LogP contribution in [0.5, 0.6) is 0 Å². The van der Waals surface area contributed by atoms with E-state index in [0.29, 0.717) is 12.8 Å². The van der Waals surface area contributed by atoms with Gasteiger partial charge in [0.05, 0.1) is 8.91 Å². The van der Waals surface area contributed by atoms with E-state index in [4.69, 9.17) is 9.47 Å². The number of nitrogens with one attached hydrogen (secondary N) is 1. The average molecular weight is 588 g/mol. The van der Waals surface area contributed by atoms with Crippen LogP contribution in [0.1, 0.15) is 67.4 Å². The third kappa shape index (κ3) is 10.3. The first kappa shape index (κ1) is 29.2. The minimum absolute atomic E-state index is 0.238. The van der Waals surface area contributed by atoms with Crippen LogP contribution >= 0.6 is 31.9 Å². The predicted molar refractivity (Wildman–Crippen MR) is 142 cm³/mol. The Morgan fingerprint density at radius 2 is 1.61 bits per heavy atom. The number of halogens is 2. The van der Waals surface area contributed by atoms with Crippen LogP contribution in [-0.4, -0.2) is 34.0 Å². The second-order valence-corrected chi connectivity index (χ2v) is 12.1. The number of ether oxygens (including phenoxy) is 2. The molecule has 184 valence electrons. The van der Waals surface area contributed by atoms with Gasteiger partial charge in [-0.05, 0) is 97.9 Å². The molecule has 0 saturated carbocycles. The molecule has 1 aromatic heterocycles. The van der Waals surface area contributed by atoms with Crippen molar-refractivity contribution < 1.29 is 19.1 Å². The molecule has 1 amide bonds. The summed E-state index contributed by atoms with van der Waals surface area (Å²) >= 11 is 6.73. The van der Waals surface area contributed by atoms with Crippen molar-refractivity contribution in [1.82, 2.24) is 9.88 Å². The van der Waals surface area contributed by atoms with Gasteiger partial charge in [-0.3, -0.25) is 4.57 Å². The van der Waals surface area contributed by atoms with Gasteiger partial charge in [-0.15, -0.1) is 0 Å². The lowest BCUT2D eigenvalue weighted by molar-refractivity contribution is 0.0500. The fourth-order valence-electron chi connectivity index (χ4n) is 3.04. The van der Waals surface area contributed by atoms with Crippen LogP contribution in [0.25, 0.3) is 10.9 Å². The Balaban J connectivity index is 0.00000265. The molecule has 0 aliphatic carbocycles. The number of rotatable bonds is 5. The van der Waals surface area contributed by atoms with Gasteiger partial charge in [-0.25, -0.2) is 9.59 Å². The molecule has 2 aromatic rings. The maximum absolute atomic E-state index is 12.8. The normalized spacial score (nSPS) is 12.3. The number of benzene rings is 1. The largest absolute Gasteiger partial charge is 0.444 e. The average Bonchev–Trinajstić information content (AvgIpc) is 3.04. The van der Waals surface area contributed by atoms with Crippen molar-refractivity contribution in [3.8, 4) is 0 Å². The van der Waals surface area contributed by atoms with E-state index in [9.17, 15) is 9.59 Å². The molecule has 0 saturated heterocycles. The van der Waals surface area contributed by atoms with Crippen molar-refractivity contribution >= 4 is 54.9 Å². The molecule has 0 radical (unpaired) electrons. The van der Waals surface area contributed by atoms with Crippen molar-refractivity contribution in [3.05, 3.63) is 45.5 Å². The third-order valence-electron chi connectivity index (χ3n) is 4.13. The second kappa shape index (κ2) is 12.6. The smallest absolute Gasteiger partial charge is 0.419 e. The van der Waals surface area contributed by atoms with Gasteiger partial charge in [0.25, 0.3) is 0 Å². The van der Waals surface area contributed by atoms with Crippen LogP contribution in [0.4, 0.5) is 9.59 Å². The number of carbonyl (C=O) groups is 2. The summed E-state index contributed by atoms with van der Waals surface area (Å²) in [5.74, 6) is 0. The number of carbonyl (C=O) groups excluding carboxylic acids is 2. The highest BCUT2D eigenvalue weighted by atomic mass is 79.9. The summed E-state index contributed by atoms with van der Waals surface area (Å²) in [6.07, 6.45) is 3.88. The fourth-order valence-corrected chi connectivity index (χ4v) is 3.41. The first-order valence-electron chi connectivity index (χ1n) is 11.1. The monoisotopic (exact) mass is 586 g/mol. The topological polar surface area (TPSA) is 69.6 Å². The minimum Gasteiger partial charge on any atom is -0.444 e. The Kier molecular flexibility index (Phi) is 11.2. The van der Waals surface area contributed by atoms with Crippen LogP contribution < -0.4 is 5.32 Å². The minimum atomic E-state index is -0.601. The van der Waals surface area contributed by atoms with E-state index in [0.717, 1.165) is 19.9 Å². The Bertz CT molecular complexity index is 965. The van der Waals surface area contributed by atoms with Gasteiger partial charge in [0.1, 0.15) is 11.2 Å². The zero-order chi connectivity index (χ0) is 25.4. The lowest BCUT2D eigenvalue weighted by Crippen LogP contribution is -2.40. The maximum atomic E-state index is 12.8. The number of fused-ring (bicyclic) bond motifs is 1. The second-order valence-electron chi connectivity index (χ2n) is 9.30. The van der Waals surface area contributed by atoms with Crippen molar-refractivity contribution in [2.75, 3.05) is 0 Å². The summed E-state index contributed by atoms with van der Waals surface area (Å²) in [5, 5.41) is 3.88. The summed E-state index contributed by atoms with van der Waals surface area (Å²) in [6.45, 7) is 15.0. The standard InChI is InChI=1S/C23H30Br2N2O4.C2H6/c1-22(2,3)30-20(28)26-16(11-12-19(24)25)13-15-14-27(21(29)31-23(4,5)6)18-10-8-7-9-17(15)18;1-2/h7-10,12,14,16H,11,13H2,1-6H3,(H,26,28);1-2H3. The number of para-hydroxylation sites is 1. The summed E-state index contributed by atoms with van der Waals surface area (Å²) < 4.78 is 13.3. The molecule has 1 N–H and O–H groups in total. The van der Waals surface area contributed by atoms with Crippen LogP contribution in [0.2, 0.25) is 0 Å². The number of alkyl carbamates (subject to hydrolysis) is 1. The highest BCUT2D eigenvalue weighted by molar-refractivity contribution is 9.28. The molecule has 0 aliphatic heterocycles. The van der Waals surface area contributed by atoms with Crippen molar-refractivity contribution in [2.24, 2.45) is 0 Å². The van der Waals surface area contributed by atoms with E-state index in [2.05, 4.69) is 37.2 Å².